The van der Waals surface area contributed by atoms with Crippen LogP contribution in [0.25, 0.3) is 0 Å². The Morgan fingerprint density at radius 1 is 0.794 bits per heavy atom. The number of hydrazine groups is 1. The van der Waals surface area contributed by atoms with Crippen LogP contribution in [0.5, 0.6) is 11.5 Å². The molecule has 1 heterocycles. The van der Waals surface area contributed by atoms with E-state index < -0.39 is 21.8 Å². The van der Waals surface area contributed by atoms with E-state index >= 15 is 0 Å². The SMILES string of the molecule is O=C(NNC(=O)c1ccc2c(c1)OCO2)c1ccc(CNS(=O)(=O)c2ccc(Cl)c(Cl)c2)cc1. The van der Waals surface area contributed by atoms with Gasteiger partial charge in [0.25, 0.3) is 11.8 Å². The standard InChI is InChI=1S/C22H17Cl2N3O6S/c23-17-7-6-16(10-18(17)24)34(30,31)25-11-13-1-3-14(4-2-13)21(28)26-27-22(29)15-5-8-19-20(9-15)33-12-32-19/h1-10,25H,11-12H2,(H,26,28)(H,27,29). The number of fused-ring (bicyclic) bond motifs is 1. The van der Waals surface area contributed by atoms with Crippen molar-refractivity contribution in [2.75, 3.05) is 6.79 Å². The normalized spacial score (nSPS) is 12.3. The quantitative estimate of drug-likeness (QED) is 0.427. The van der Waals surface area contributed by atoms with Crippen molar-refractivity contribution in [3.8, 4) is 11.5 Å². The molecular weight excluding hydrogens is 505 g/mol. The number of hydrogen-bond acceptors (Lipinski definition) is 6. The summed E-state index contributed by atoms with van der Waals surface area (Å²) in [5, 5.41) is 0.382. The average molecular weight is 522 g/mol. The molecule has 0 saturated carbocycles. The third kappa shape index (κ3) is 5.42. The highest BCUT2D eigenvalue weighted by molar-refractivity contribution is 7.89. The molecule has 2 amide bonds. The van der Waals surface area contributed by atoms with Crippen molar-refractivity contribution in [1.82, 2.24) is 15.6 Å². The highest BCUT2D eigenvalue weighted by Gasteiger charge is 2.17. The van der Waals surface area contributed by atoms with Crippen molar-refractivity contribution in [2.24, 2.45) is 0 Å². The number of rotatable bonds is 6. The summed E-state index contributed by atoms with van der Waals surface area (Å²) >= 11 is 11.7. The number of carbonyl (C=O) groups is 2. The fraction of sp³-hybridized carbons (Fsp3) is 0.0909. The van der Waals surface area contributed by atoms with Crippen molar-refractivity contribution >= 4 is 45.0 Å². The molecule has 12 heteroatoms. The minimum atomic E-state index is -3.81. The van der Waals surface area contributed by atoms with Crippen molar-refractivity contribution < 1.29 is 27.5 Å². The Labute approximate surface area is 205 Å². The summed E-state index contributed by atoms with van der Waals surface area (Å²) in [5.41, 5.74) is 5.82. The number of hydrogen-bond donors (Lipinski definition) is 3. The summed E-state index contributed by atoms with van der Waals surface area (Å²) in [7, 11) is -3.81. The Bertz CT molecular complexity index is 1360. The Hall–Kier alpha value is -3.31. The van der Waals surface area contributed by atoms with E-state index in [0.717, 1.165) is 0 Å². The van der Waals surface area contributed by atoms with E-state index in [-0.39, 0.29) is 39.4 Å². The fourth-order valence-electron chi connectivity index (χ4n) is 2.98. The topological polar surface area (TPSA) is 123 Å². The molecule has 1 aliphatic heterocycles. The summed E-state index contributed by atoms with van der Waals surface area (Å²) in [6, 6.07) is 14.9. The van der Waals surface area contributed by atoms with Gasteiger partial charge in [-0.15, -0.1) is 0 Å². The van der Waals surface area contributed by atoms with E-state index in [1.807, 2.05) is 0 Å². The molecule has 0 unspecified atom stereocenters. The first kappa shape index (κ1) is 23.8. The van der Waals surface area contributed by atoms with Crippen LogP contribution in [0.1, 0.15) is 26.3 Å². The van der Waals surface area contributed by atoms with E-state index in [1.165, 1.54) is 36.4 Å². The molecule has 0 spiro atoms. The number of sulfonamides is 1. The van der Waals surface area contributed by atoms with E-state index in [1.54, 1.807) is 24.3 Å². The Kier molecular flexibility index (Phi) is 6.94. The molecule has 1 aliphatic rings. The number of ether oxygens (including phenoxy) is 2. The van der Waals surface area contributed by atoms with E-state index in [0.29, 0.717) is 17.1 Å². The molecule has 0 bridgehead atoms. The minimum Gasteiger partial charge on any atom is -0.454 e. The lowest BCUT2D eigenvalue weighted by Gasteiger charge is -2.10. The van der Waals surface area contributed by atoms with Gasteiger partial charge in [0.15, 0.2) is 11.5 Å². The zero-order valence-electron chi connectivity index (χ0n) is 17.3. The number of carbonyl (C=O) groups excluding carboxylic acids is 2. The van der Waals surface area contributed by atoms with Gasteiger partial charge in [0.05, 0.1) is 14.9 Å². The molecule has 0 fully saturated rings. The predicted octanol–water partition coefficient (Wildman–Crippen LogP) is 3.28. The predicted molar refractivity (Wildman–Crippen MR) is 124 cm³/mol. The van der Waals surface area contributed by atoms with Crippen LogP contribution in [0, 0.1) is 0 Å². The lowest BCUT2D eigenvalue weighted by atomic mass is 10.1. The first-order valence-corrected chi connectivity index (χ1v) is 12.0. The molecule has 176 valence electrons. The average Bonchev–Trinajstić information content (AvgIpc) is 3.31. The van der Waals surface area contributed by atoms with Gasteiger partial charge in [-0.25, -0.2) is 13.1 Å². The molecule has 34 heavy (non-hydrogen) atoms. The Balaban J connectivity index is 1.31. The summed E-state index contributed by atoms with van der Waals surface area (Å²) in [5.74, 6) is -0.0821. The van der Waals surface area contributed by atoms with Gasteiger partial charge < -0.3 is 9.47 Å². The van der Waals surface area contributed by atoms with E-state index in [4.69, 9.17) is 32.7 Å². The van der Waals surface area contributed by atoms with Crippen LogP contribution in [-0.4, -0.2) is 27.0 Å². The van der Waals surface area contributed by atoms with Crippen molar-refractivity contribution in [3.05, 3.63) is 87.4 Å². The highest BCUT2D eigenvalue weighted by atomic mass is 35.5. The minimum absolute atomic E-state index is 0.00860. The van der Waals surface area contributed by atoms with Crippen LogP contribution in [0.4, 0.5) is 0 Å². The second kappa shape index (κ2) is 9.90. The van der Waals surface area contributed by atoms with Crippen LogP contribution in [-0.2, 0) is 16.6 Å². The fourth-order valence-corrected chi connectivity index (χ4v) is 4.38. The summed E-state index contributed by atoms with van der Waals surface area (Å²) in [4.78, 5) is 24.6. The van der Waals surface area contributed by atoms with Crippen LogP contribution in [0.3, 0.4) is 0 Å². The zero-order chi connectivity index (χ0) is 24.3. The molecule has 9 nitrogen and oxygen atoms in total. The first-order chi connectivity index (χ1) is 16.2. The first-order valence-electron chi connectivity index (χ1n) is 9.77. The van der Waals surface area contributed by atoms with Crippen LogP contribution < -0.4 is 25.0 Å². The second-order valence-corrected chi connectivity index (χ2v) is 9.66. The third-order valence-corrected chi connectivity index (χ3v) is 6.95. The third-order valence-electron chi connectivity index (χ3n) is 4.81. The maximum absolute atomic E-state index is 12.4. The van der Waals surface area contributed by atoms with Crippen molar-refractivity contribution in [2.45, 2.75) is 11.4 Å². The van der Waals surface area contributed by atoms with Crippen molar-refractivity contribution in [3.63, 3.8) is 0 Å². The van der Waals surface area contributed by atoms with E-state index in [9.17, 15) is 18.0 Å². The van der Waals surface area contributed by atoms with Gasteiger partial charge in [0.2, 0.25) is 16.8 Å². The van der Waals surface area contributed by atoms with Crippen LogP contribution in [0.2, 0.25) is 10.0 Å². The van der Waals surface area contributed by atoms with E-state index in [2.05, 4.69) is 15.6 Å². The largest absolute Gasteiger partial charge is 0.454 e. The Morgan fingerprint density at radius 2 is 1.44 bits per heavy atom. The molecule has 0 saturated heterocycles. The summed E-state index contributed by atoms with van der Waals surface area (Å²) in [6.45, 7) is 0.0788. The van der Waals surface area contributed by atoms with Gasteiger partial charge in [-0.1, -0.05) is 35.3 Å². The molecule has 0 radical (unpaired) electrons. The molecule has 0 atom stereocenters. The van der Waals surface area contributed by atoms with Gasteiger partial charge in [0, 0.05) is 17.7 Å². The molecule has 0 aromatic heterocycles. The number of amides is 2. The van der Waals surface area contributed by atoms with Crippen LogP contribution >= 0.6 is 23.2 Å². The van der Waals surface area contributed by atoms with Gasteiger partial charge >= 0.3 is 0 Å². The van der Waals surface area contributed by atoms with Crippen LogP contribution in [0.15, 0.2) is 65.6 Å². The van der Waals surface area contributed by atoms with Gasteiger partial charge in [-0.2, -0.15) is 0 Å². The molecule has 3 aromatic carbocycles. The van der Waals surface area contributed by atoms with Gasteiger partial charge in [-0.05, 0) is 54.1 Å². The molecule has 0 aliphatic carbocycles. The van der Waals surface area contributed by atoms with Gasteiger partial charge in [-0.3, -0.25) is 20.4 Å². The lowest BCUT2D eigenvalue weighted by Crippen LogP contribution is -2.41. The Morgan fingerprint density at radius 3 is 2.15 bits per heavy atom. The molecule has 3 aromatic rings. The zero-order valence-corrected chi connectivity index (χ0v) is 19.6. The summed E-state index contributed by atoms with van der Waals surface area (Å²) in [6.07, 6.45) is 0. The number of halogens is 2. The smallest absolute Gasteiger partial charge is 0.269 e. The monoisotopic (exact) mass is 521 g/mol. The molecular formula is C22H17Cl2N3O6S. The number of benzene rings is 3. The molecule has 3 N–H and O–H groups in total. The highest BCUT2D eigenvalue weighted by Crippen LogP contribution is 2.32. The van der Waals surface area contributed by atoms with Gasteiger partial charge in [0.1, 0.15) is 0 Å². The maximum Gasteiger partial charge on any atom is 0.269 e. The van der Waals surface area contributed by atoms with Crippen molar-refractivity contribution in [1.29, 1.82) is 0 Å². The second-order valence-electron chi connectivity index (χ2n) is 7.07. The number of nitrogens with one attached hydrogen (secondary N) is 3. The lowest BCUT2D eigenvalue weighted by molar-refractivity contribution is 0.0846. The summed E-state index contributed by atoms with van der Waals surface area (Å²) < 4.78 is 37.8. The molecule has 4 rings (SSSR count). The maximum atomic E-state index is 12.4.